The van der Waals surface area contributed by atoms with Crippen molar-refractivity contribution < 1.29 is 14.7 Å². The second-order valence-corrected chi connectivity index (χ2v) is 8.11. The van der Waals surface area contributed by atoms with E-state index in [4.69, 9.17) is 0 Å². The molecule has 2 amide bonds. The molecule has 0 radical (unpaired) electrons. The molecular formula is C19H26N2O3S. The number of hydrogen-bond acceptors (Lipinski definition) is 4. The maximum absolute atomic E-state index is 12.7. The number of aliphatic hydroxyl groups excluding tert-OH is 1. The third kappa shape index (κ3) is 4.55. The first-order chi connectivity index (χ1) is 12.1. The maximum Gasteiger partial charge on any atom is 0.232 e. The highest BCUT2D eigenvalue weighted by Gasteiger charge is 2.42. The molecule has 136 valence electrons. The van der Waals surface area contributed by atoms with Crippen LogP contribution in [0.3, 0.4) is 0 Å². The van der Waals surface area contributed by atoms with Crippen molar-refractivity contribution in [2.45, 2.75) is 30.6 Å². The molecule has 1 unspecified atom stereocenters. The Labute approximate surface area is 153 Å². The number of benzene rings is 1. The molecule has 1 spiro atoms. The van der Waals surface area contributed by atoms with Crippen molar-refractivity contribution in [3.05, 3.63) is 30.3 Å². The molecule has 2 aliphatic rings. The lowest BCUT2D eigenvalue weighted by Gasteiger charge is -2.48. The predicted octanol–water partition coefficient (Wildman–Crippen LogP) is 2.00. The van der Waals surface area contributed by atoms with Gasteiger partial charge in [0.15, 0.2) is 0 Å². The zero-order valence-electron chi connectivity index (χ0n) is 14.5. The summed E-state index contributed by atoms with van der Waals surface area (Å²) in [5.74, 6) is 0.764. The fraction of sp³-hybridized carbons (Fsp3) is 0.579. The van der Waals surface area contributed by atoms with Crippen LogP contribution in [0.25, 0.3) is 0 Å². The van der Waals surface area contributed by atoms with Crippen LogP contribution in [0.4, 0.5) is 0 Å². The number of carbonyl (C=O) groups is 2. The van der Waals surface area contributed by atoms with Gasteiger partial charge in [-0.15, -0.1) is 11.8 Å². The van der Waals surface area contributed by atoms with E-state index in [2.05, 4.69) is 0 Å². The quantitative estimate of drug-likeness (QED) is 0.814. The summed E-state index contributed by atoms with van der Waals surface area (Å²) in [6.07, 6.45) is 3.42. The van der Waals surface area contributed by atoms with Gasteiger partial charge in [0.2, 0.25) is 11.8 Å². The van der Waals surface area contributed by atoms with Crippen LogP contribution in [0.1, 0.15) is 25.7 Å². The molecule has 0 bridgehead atoms. The van der Waals surface area contributed by atoms with Gasteiger partial charge in [0.1, 0.15) is 0 Å². The second-order valence-electron chi connectivity index (χ2n) is 7.06. The van der Waals surface area contributed by atoms with Gasteiger partial charge in [-0.3, -0.25) is 9.59 Å². The number of rotatable bonds is 5. The van der Waals surface area contributed by atoms with Crippen LogP contribution < -0.4 is 0 Å². The number of carbonyl (C=O) groups excluding carboxylic acids is 2. The number of thioether (sulfide) groups is 1. The summed E-state index contributed by atoms with van der Waals surface area (Å²) in [5, 5.41) is 9.18. The summed E-state index contributed by atoms with van der Waals surface area (Å²) in [6, 6.07) is 9.99. The van der Waals surface area contributed by atoms with Crippen LogP contribution in [0.2, 0.25) is 0 Å². The largest absolute Gasteiger partial charge is 0.395 e. The zero-order chi connectivity index (χ0) is 17.7. The summed E-state index contributed by atoms with van der Waals surface area (Å²) >= 11 is 1.58. The fourth-order valence-electron chi connectivity index (χ4n) is 3.93. The van der Waals surface area contributed by atoms with Crippen LogP contribution in [-0.4, -0.2) is 65.3 Å². The summed E-state index contributed by atoms with van der Waals surface area (Å²) in [6.45, 7) is 2.61. The van der Waals surface area contributed by atoms with Crippen LogP contribution in [-0.2, 0) is 9.59 Å². The van der Waals surface area contributed by atoms with Crippen molar-refractivity contribution in [2.75, 3.05) is 38.5 Å². The van der Waals surface area contributed by atoms with Gasteiger partial charge >= 0.3 is 0 Å². The molecule has 25 heavy (non-hydrogen) atoms. The first kappa shape index (κ1) is 18.3. The number of likely N-dealkylation sites (tertiary alicyclic amines) is 2. The van der Waals surface area contributed by atoms with Gasteiger partial charge in [0.25, 0.3) is 0 Å². The molecule has 1 aromatic rings. The number of aliphatic hydroxyl groups is 1. The molecule has 2 saturated heterocycles. The van der Waals surface area contributed by atoms with E-state index in [1.54, 1.807) is 16.7 Å². The lowest BCUT2D eigenvalue weighted by atomic mass is 9.73. The van der Waals surface area contributed by atoms with Gasteiger partial charge in [0.05, 0.1) is 12.4 Å². The molecule has 2 heterocycles. The van der Waals surface area contributed by atoms with E-state index < -0.39 is 0 Å². The fourth-order valence-corrected chi connectivity index (χ4v) is 4.76. The Kier molecular flexibility index (Phi) is 6.02. The van der Waals surface area contributed by atoms with E-state index >= 15 is 0 Å². The number of hydrogen-bond donors (Lipinski definition) is 1. The highest BCUT2D eigenvalue weighted by Crippen LogP contribution is 2.39. The molecule has 0 aromatic heterocycles. The zero-order valence-corrected chi connectivity index (χ0v) is 15.3. The van der Waals surface area contributed by atoms with Crippen LogP contribution in [0, 0.1) is 5.41 Å². The van der Waals surface area contributed by atoms with Crippen molar-refractivity contribution in [1.82, 2.24) is 9.80 Å². The topological polar surface area (TPSA) is 60.9 Å². The minimum Gasteiger partial charge on any atom is -0.395 e. The number of nitrogens with zero attached hydrogens (tertiary/aromatic N) is 2. The molecule has 2 fully saturated rings. The Bertz CT molecular complexity index is 610. The van der Waals surface area contributed by atoms with Crippen molar-refractivity contribution in [2.24, 2.45) is 5.41 Å². The number of amides is 2. The van der Waals surface area contributed by atoms with E-state index in [1.807, 2.05) is 35.2 Å². The molecule has 1 aromatic carbocycles. The Hall–Kier alpha value is -1.53. The van der Waals surface area contributed by atoms with Gasteiger partial charge in [0, 0.05) is 42.9 Å². The first-order valence-electron chi connectivity index (χ1n) is 8.96. The summed E-state index contributed by atoms with van der Waals surface area (Å²) in [4.78, 5) is 29.5. The summed E-state index contributed by atoms with van der Waals surface area (Å²) < 4.78 is 0. The molecule has 1 atom stereocenters. The first-order valence-corrected chi connectivity index (χ1v) is 9.95. The molecule has 2 aliphatic heterocycles. The molecule has 3 rings (SSSR count). The van der Waals surface area contributed by atoms with Crippen LogP contribution >= 0.6 is 11.8 Å². The van der Waals surface area contributed by atoms with Crippen LogP contribution in [0.5, 0.6) is 0 Å². The highest BCUT2D eigenvalue weighted by molar-refractivity contribution is 8.00. The molecule has 0 saturated carbocycles. The lowest BCUT2D eigenvalue weighted by Crippen LogP contribution is -2.55. The van der Waals surface area contributed by atoms with E-state index in [0.29, 0.717) is 25.3 Å². The van der Waals surface area contributed by atoms with E-state index in [0.717, 1.165) is 37.2 Å². The predicted molar refractivity (Wildman–Crippen MR) is 98.3 cm³/mol. The highest BCUT2D eigenvalue weighted by atomic mass is 32.2. The average Bonchev–Trinajstić information content (AvgIpc) is 2.64. The van der Waals surface area contributed by atoms with E-state index in [1.165, 1.54) is 0 Å². The Morgan fingerprint density at radius 1 is 1.20 bits per heavy atom. The van der Waals surface area contributed by atoms with Crippen molar-refractivity contribution in [3.63, 3.8) is 0 Å². The van der Waals surface area contributed by atoms with Gasteiger partial charge in [-0.1, -0.05) is 18.2 Å². The molecule has 5 nitrogen and oxygen atoms in total. The van der Waals surface area contributed by atoms with E-state index in [-0.39, 0.29) is 23.8 Å². The molecule has 6 heteroatoms. The third-order valence-corrected chi connectivity index (χ3v) is 6.23. The van der Waals surface area contributed by atoms with E-state index in [9.17, 15) is 14.7 Å². The minimum absolute atomic E-state index is 0.00181. The average molecular weight is 362 g/mol. The summed E-state index contributed by atoms with van der Waals surface area (Å²) in [7, 11) is 0. The maximum atomic E-state index is 12.7. The number of β-amino-alcohol motifs (C(OH)–C–C–N with tert-alkyl or cyclic N) is 1. The Morgan fingerprint density at radius 2 is 2.00 bits per heavy atom. The second kappa shape index (κ2) is 8.23. The van der Waals surface area contributed by atoms with Gasteiger partial charge in [-0.25, -0.2) is 0 Å². The van der Waals surface area contributed by atoms with Gasteiger partial charge in [-0.2, -0.15) is 0 Å². The summed E-state index contributed by atoms with van der Waals surface area (Å²) in [5.41, 5.74) is 0.00834. The molecule has 0 aliphatic carbocycles. The third-order valence-electron chi connectivity index (χ3n) is 5.24. The normalized spacial score (nSPS) is 24.0. The SMILES string of the molecule is O=C1CCC2(CCCN(C(=O)CSc3ccccc3)C2)CN1CCO. The van der Waals surface area contributed by atoms with Crippen LogP contribution in [0.15, 0.2) is 35.2 Å². The molecular weight excluding hydrogens is 336 g/mol. The smallest absolute Gasteiger partial charge is 0.232 e. The van der Waals surface area contributed by atoms with Gasteiger partial charge < -0.3 is 14.9 Å². The van der Waals surface area contributed by atoms with Gasteiger partial charge in [-0.05, 0) is 31.4 Å². The minimum atomic E-state index is -0.00181. The Balaban J connectivity index is 1.58. The monoisotopic (exact) mass is 362 g/mol. The standard InChI is InChI=1S/C19H26N2O3S/c22-12-11-21-15-19(9-7-17(21)23)8-4-10-20(14-19)18(24)13-25-16-5-2-1-3-6-16/h1-3,5-6,22H,4,7-15H2. The van der Waals surface area contributed by atoms with Crippen molar-refractivity contribution >= 4 is 23.6 Å². The number of piperidine rings is 2. The van der Waals surface area contributed by atoms with Crippen molar-refractivity contribution in [3.8, 4) is 0 Å². The lowest BCUT2D eigenvalue weighted by molar-refractivity contribution is -0.142. The van der Waals surface area contributed by atoms with Crippen molar-refractivity contribution in [1.29, 1.82) is 0 Å². The Morgan fingerprint density at radius 3 is 2.76 bits per heavy atom. The molecule has 1 N–H and O–H groups in total.